The van der Waals surface area contributed by atoms with Gasteiger partial charge < -0.3 is 15.1 Å². The molecule has 0 spiro atoms. The Morgan fingerprint density at radius 3 is 2.38 bits per heavy atom. The normalized spacial score (nSPS) is 18.2. The molecule has 0 bridgehead atoms. The highest BCUT2D eigenvalue weighted by atomic mass is 16.4. The summed E-state index contributed by atoms with van der Waals surface area (Å²) in [5, 5.41) is 19.8. The standard InChI is InChI=1S/C19H27NO4/c1-11(2)14-8-15(12(3)4)17(21)16(9-14)18(22)20-7-5-6-13(10-20)19(23)24/h8-9,11-13,21H,5-7,10H2,1-4H3,(H,23,24). The Hall–Kier alpha value is -2.04. The second-order valence-electron chi connectivity index (χ2n) is 7.24. The van der Waals surface area contributed by atoms with E-state index < -0.39 is 11.9 Å². The molecule has 2 rings (SSSR count). The number of amides is 1. The van der Waals surface area contributed by atoms with E-state index in [2.05, 4.69) is 0 Å². The average Bonchev–Trinajstić information content (AvgIpc) is 2.54. The molecule has 1 aromatic rings. The van der Waals surface area contributed by atoms with Crippen LogP contribution in [-0.4, -0.2) is 40.1 Å². The number of carbonyl (C=O) groups is 2. The summed E-state index contributed by atoms with van der Waals surface area (Å²) in [7, 11) is 0. The summed E-state index contributed by atoms with van der Waals surface area (Å²) in [5.41, 5.74) is 2.05. The molecule has 132 valence electrons. The molecular weight excluding hydrogens is 306 g/mol. The molecule has 1 saturated heterocycles. The number of carboxylic acids is 1. The Balaban J connectivity index is 2.39. The number of likely N-dealkylation sites (tertiary alicyclic amines) is 1. The number of phenols is 1. The molecule has 1 aliphatic rings. The van der Waals surface area contributed by atoms with Gasteiger partial charge in [0.2, 0.25) is 0 Å². The first-order valence-corrected chi connectivity index (χ1v) is 8.61. The van der Waals surface area contributed by atoms with Crippen molar-refractivity contribution >= 4 is 11.9 Å². The summed E-state index contributed by atoms with van der Waals surface area (Å²) >= 11 is 0. The van der Waals surface area contributed by atoms with Crippen LogP contribution in [0, 0.1) is 5.92 Å². The Bertz CT molecular complexity index is 636. The molecule has 1 unspecified atom stereocenters. The topological polar surface area (TPSA) is 77.8 Å². The molecule has 0 aliphatic carbocycles. The van der Waals surface area contributed by atoms with E-state index in [1.165, 1.54) is 0 Å². The molecule has 1 amide bonds. The molecule has 1 fully saturated rings. The minimum atomic E-state index is -0.865. The lowest BCUT2D eigenvalue weighted by atomic mass is 9.91. The van der Waals surface area contributed by atoms with E-state index in [1.54, 1.807) is 11.0 Å². The molecule has 0 saturated carbocycles. The quantitative estimate of drug-likeness (QED) is 0.883. The Labute approximate surface area is 143 Å². The number of nitrogens with zero attached hydrogens (tertiary/aromatic N) is 1. The van der Waals surface area contributed by atoms with E-state index >= 15 is 0 Å². The fourth-order valence-corrected chi connectivity index (χ4v) is 3.15. The molecule has 24 heavy (non-hydrogen) atoms. The summed E-state index contributed by atoms with van der Waals surface area (Å²) in [6.45, 7) is 8.79. The van der Waals surface area contributed by atoms with E-state index in [0.29, 0.717) is 19.4 Å². The van der Waals surface area contributed by atoms with Crippen LogP contribution in [0.3, 0.4) is 0 Å². The van der Waals surface area contributed by atoms with Crippen LogP contribution < -0.4 is 0 Å². The van der Waals surface area contributed by atoms with Crippen LogP contribution in [0.5, 0.6) is 5.75 Å². The van der Waals surface area contributed by atoms with E-state index in [-0.39, 0.29) is 35.6 Å². The Kier molecular flexibility index (Phi) is 5.52. The smallest absolute Gasteiger partial charge is 0.308 e. The molecule has 5 nitrogen and oxygen atoms in total. The first-order chi connectivity index (χ1) is 11.2. The zero-order chi connectivity index (χ0) is 18.0. The zero-order valence-electron chi connectivity index (χ0n) is 14.9. The van der Waals surface area contributed by atoms with Crippen LogP contribution in [0.4, 0.5) is 0 Å². The van der Waals surface area contributed by atoms with Crippen LogP contribution >= 0.6 is 0 Å². The fraction of sp³-hybridized carbons (Fsp3) is 0.579. The van der Waals surface area contributed by atoms with Crippen LogP contribution in [0.15, 0.2) is 12.1 Å². The molecule has 1 heterocycles. The third-order valence-corrected chi connectivity index (χ3v) is 4.74. The van der Waals surface area contributed by atoms with Crippen molar-refractivity contribution in [3.05, 3.63) is 28.8 Å². The maximum absolute atomic E-state index is 12.9. The number of carboxylic acid groups (broad SMARTS) is 1. The number of hydrogen-bond donors (Lipinski definition) is 2. The third kappa shape index (κ3) is 3.71. The Morgan fingerprint density at radius 1 is 1.17 bits per heavy atom. The van der Waals surface area contributed by atoms with Gasteiger partial charge in [0.25, 0.3) is 5.91 Å². The van der Waals surface area contributed by atoms with Gasteiger partial charge >= 0.3 is 5.97 Å². The highest BCUT2D eigenvalue weighted by molar-refractivity contribution is 5.98. The maximum atomic E-state index is 12.9. The maximum Gasteiger partial charge on any atom is 0.308 e. The monoisotopic (exact) mass is 333 g/mol. The Morgan fingerprint density at radius 2 is 1.83 bits per heavy atom. The predicted molar refractivity (Wildman–Crippen MR) is 92.5 cm³/mol. The van der Waals surface area contributed by atoms with Crippen LogP contribution in [0.2, 0.25) is 0 Å². The molecule has 1 atom stereocenters. The van der Waals surface area contributed by atoms with Gasteiger partial charge in [-0.2, -0.15) is 0 Å². The van der Waals surface area contributed by atoms with E-state index in [0.717, 1.165) is 11.1 Å². The van der Waals surface area contributed by atoms with Gasteiger partial charge in [0, 0.05) is 13.1 Å². The summed E-state index contributed by atoms with van der Waals surface area (Å²) in [5.74, 6) is -1.30. The molecule has 0 radical (unpaired) electrons. The summed E-state index contributed by atoms with van der Waals surface area (Å²) in [6, 6.07) is 3.70. The van der Waals surface area contributed by atoms with Crippen LogP contribution in [-0.2, 0) is 4.79 Å². The van der Waals surface area contributed by atoms with Crippen molar-refractivity contribution in [2.24, 2.45) is 5.92 Å². The van der Waals surface area contributed by atoms with E-state index in [9.17, 15) is 19.8 Å². The van der Waals surface area contributed by atoms with Crippen molar-refractivity contribution in [3.63, 3.8) is 0 Å². The molecule has 0 aromatic heterocycles. The minimum Gasteiger partial charge on any atom is -0.507 e. The lowest BCUT2D eigenvalue weighted by Gasteiger charge is -2.31. The SMILES string of the molecule is CC(C)c1cc(C(=O)N2CCCC(C(=O)O)C2)c(O)c(C(C)C)c1. The summed E-state index contributed by atoms with van der Waals surface area (Å²) in [6.07, 6.45) is 1.26. The number of aliphatic carboxylic acids is 1. The first kappa shape index (κ1) is 18.3. The van der Waals surface area contributed by atoms with Gasteiger partial charge in [-0.25, -0.2) is 0 Å². The molecule has 1 aromatic carbocycles. The summed E-state index contributed by atoms with van der Waals surface area (Å²) in [4.78, 5) is 25.7. The summed E-state index contributed by atoms with van der Waals surface area (Å²) < 4.78 is 0. The highest BCUT2D eigenvalue weighted by Crippen LogP contribution is 2.34. The van der Waals surface area contributed by atoms with Crippen molar-refractivity contribution in [1.29, 1.82) is 0 Å². The number of benzene rings is 1. The fourth-order valence-electron chi connectivity index (χ4n) is 3.15. The number of carbonyl (C=O) groups excluding carboxylic acids is 1. The lowest BCUT2D eigenvalue weighted by Crippen LogP contribution is -2.42. The second-order valence-corrected chi connectivity index (χ2v) is 7.24. The predicted octanol–water partition coefficient (Wildman–Crippen LogP) is 3.58. The van der Waals surface area contributed by atoms with Gasteiger partial charge in [0.15, 0.2) is 0 Å². The minimum absolute atomic E-state index is 0.0249. The number of piperidine rings is 1. The van der Waals surface area contributed by atoms with Crippen molar-refractivity contribution in [2.75, 3.05) is 13.1 Å². The third-order valence-electron chi connectivity index (χ3n) is 4.74. The zero-order valence-corrected chi connectivity index (χ0v) is 14.9. The van der Waals surface area contributed by atoms with Crippen molar-refractivity contribution in [2.45, 2.75) is 52.4 Å². The van der Waals surface area contributed by atoms with Gasteiger partial charge in [0.05, 0.1) is 11.5 Å². The number of phenolic OH excluding ortho intramolecular Hbond substituents is 1. The van der Waals surface area contributed by atoms with Crippen LogP contribution in [0.1, 0.15) is 73.9 Å². The van der Waals surface area contributed by atoms with Gasteiger partial charge in [-0.1, -0.05) is 33.8 Å². The first-order valence-electron chi connectivity index (χ1n) is 8.61. The number of rotatable bonds is 4. The average molecular weight is 333 g/mol. The number of aromatic hydroxyl groups is 1. The highest BCUT2D eigenvalue weighted by Gasteiger charge is 2.30. The van der Waals surface area contributed by atoms with Crippen molar-refractivity contribution < 1.29 is 19.8 Å². The molecular formula is C19H27NO4. The van der Waals surface area contributed by atoms with Crippen LogP contribution in [0.25, 0.3) is 0 Å². The van der Waals surface area contributed by atoms with E-state index in [1.807, 2.05) is 33.8 Å². The van der Waals surface area contributed by atoms with Gasteiger partial charge in [-0.3, -0.25) is 9.59 Å². The molecule has 2 N–H and O–H groups in total. The molecule has 1 aliphatic heterocycles. The van der Waals surface area contributed by atoms with Gasteiger partial charge in [0.1, 0.15) is 5.75 Å². The van der Waals surface area contributed by atoms with Crippen molar-refractivity contribution in [1.82, 2.24) is 4.90 Å². The van der Waals surface area contributed by atoms with E-state index in [4.69, 9.17) is 0 Å². The second kappa shape index (κ2) is 7.24. The lowest BCUT2D eigenvalue weighted by molar-refractivity contribution is -0.143. The number of hydrogen-bond acceptors (Lipinski definition) is 3. The van der Waals surface area contributed by atoms with Crippen molar-refractivity contribution in [3.8, 4) is 5.75 Å². The van der Waals surface area contributed by atoms with Gasteiger partial charge in [-0.15, -0.1) is 0 Å². The molecule has 5 heteroatoms. The largest absolute Gasteiger partial charge is 0.507 e. The van der Waals surface area contributed by atoms with Gasteiger partial charge in [-0.05, 0) is 41.9 Å².